The zero-order chi connectivity index (χ0) is 18.4. The van der Waals surface area contributed by atoms with Crippen LogP contribution < -0.4 is 10.1 Å². The fourth-order valence-corrected chi connectivity index (χ4v) is 3.80. The summed E-state index contributed by atoms with van der Waals surface area (Å²) in [6, 6.07) is 12.3. The predicted molar refractivity (Wildman–Crippen MR) is 113 cm³/mol. The molecule has 0 saturated heterocycles. The molecule has 0 heterocycles. The first-order valence-electron chi connectivity index (χ1n) is 7.28. The lowest BCUT2D eigenvalue weighted by Crippen LogP contribution is -2.13. The molecule has 0 bridgehead atoms. The van der Waals surface area contributed by atoms with Crippen molar-refractivity contribution in [3.63, 3.8) is 0 Å². The second-order valence-corrected chi connectivity index (χ2v) is 7.24. The molecule has 0 atom stereocenters. The number of phenolic OH excluding ortho intramolecular Hbond substituents is 1. The Labute approximate surface area is 173 Å². The summed E-state index contributed by atoms with van der Waals surface area (Å²) >= 11 is 4.00. The van der Waals surface area contributed by atoms with E-state index in [-0.39, 0.29) is 11.3 Å². The molecule has 0 unspecified atom stereocenters. The van der Waals surface area contributed by atoms with Gasteiger partial charge in [-0.2, -0.15) is 5.26 Å². The highest BCUT2D eigenvalue weighted by Gasteiger charge is 2.11. The highest BCUT2D eigenvalue weighted by Crippen LogP contribution is 2.28. The monoisotopic (exact) mass is 560 g/mol. The van der Waals surface area contributed by atoms with Crippen molar-refractivity contribution in [2.45, 2.75) is 6.92 Å². The van der Waals surface area contributed by atoms with Crippen molar-refractivity contribution >= 4 is 62.9 Å². The van der Waals surface area contributed by atoms with Gasteiger partial charge in [0.15, 0.2) is 0 Å². The molecule has 0 spiro atoms. The Morgan fingerprint density at radius 3 is 2.40 bits per heavy atom. The number of rotatable bonds is 5. The molecule has 2 aromatic carbocycles. The van der Waals surface area contributed by atoms with E-state index in [2.05, 4.69) is 5.32 Å². The van der Waals surface area contributed by atoms with Gasteiger partial charge in [-0.15, -0.1) is 0 Å². The highest BCUT2D eigenvalue weighted by molar-refractivity contribution is 14.1. The van der Waals surface area contributed by atoms with Crippen LogP contribution in [0.4, 0.5) is 5.69 Å². The molecule has 2 rings (SSSR count). The van der Waals surface area contributed by atoms with E-state index in [1.807, 2.05) is 58.2 Å². The maximum Gasteiger partial charge on any atom is 0.266 e. The van der Waals surface area contributed by atoms with Crippen LogP contribution in [0, 0.1) is 18.5 Å². The first-order chi connectivity index (χ1) is 11.9. The van der Waals surface area contributed by atoms with Gasteiger partial charge < -0.3 is 15.2 Å². The average molecular weight is 560 g/mol. The van der Waals surface area contributed by atoms with Gasteiger partial charge in [0.25, 0.3) is 5.91 Å². The number of phenols is 1. The van der Waals surface area contributed by atoms with Crippen LogP contribution >= 0.6 is 45.2 Å². The van der Waals surface area contributed by atoms with Crippen molar-refractivity contribution in [2.75, 3.05) is 11.9 Å². The zero-order valence-corrected chi connectivity index (χ0v) is 17.5. The number of nitrogens with one attached hydrogen (secondary N) is 1. The number of nitrogens with zero attached hydrogens (tertiary/aromatic N) is 1. The Morgan fingerprint density at radius 2 is 1.88 bits per heavy atom. The van der Waals surface area contributed by atoms with E-state index in [0.29, 0.717) is 30.7 Å². The van der Waals surface area contributed by atoms with Gasteiger partial charge in [0.1, 0.15) is 23.1 Å². The van der Waals surface area contributed by atoms with Gasteiger partial charge in [0, 0.05) is 5.69 Å². The summed E-state index contributed by atoms with van der Waals surface area (Å²) in [5.74, 6) is 0.408. The van der Waals surface area contributed by atoms with Gasteiger partial charge >= 0.3 is 0 Å². The molecule has 0 aliphatic rings. The number of hydrogen-bond donors (Lipinski definition) is 2. The molecule has 25 heavy (non-hydrogen) atoms. The van der Waals surface area contributed by atoms with Crippen LogP contribution in [0.3, 0.4) is 0 Å². The molecule has 5 nitrogen and oxygen atoms in total. The third-order valence-corrected chi connectivity index (χ3v) is 4.78. The molecule has 7 heteroatoms. The summed E-state index contributed by atoms with van der Waals surface area (Å²) in [7, 11) is 0. The van der Waals surface area contributed by atoms with Crippen molar-refractivity contribution in [1.82, 2.24) is 0 Å². The third-order valence-electron chi connectivity index (χ3n) is 3.14. The Balaban J connectivity index is 2.19. The zero-order valence-electron chi connectivity index (χ0n) is 13.2. The molecule has 2 N–H and O–H groups in total. The molecule has 0 saturated carbocycles. The number of nitriles is 1. The Bertz CT molecular complexity index is 833. The number of aromatic hydroxyl groups is 1. The fourth-order valence-electron chi connectivity index (χ4n) is 1.98. The second-order valence-electron chi connectivity index (χ2n) is 4.91. The van der Waals surface area contributed by atoms with Crippen molar-refractivity contribution in [3.05, 3.63) is 54.7 Å². The SMILES string of the molecule is CCOc1ccc(NC(=O)/C(C#N)=C\c2cc(I)c(O)c(I)c2)cc1. The number of benzene rings is 2. The number of carbonyl (C=O) groups is 1. The van der Waals surface area contributed by atoms with E-state index in [9.17, 15) is 15.2 Å². The van der Waals surface area contributed by atoms with Crippen LogP contribution in [-0.4, -0.2) is 17.6 Å². The largest absolute Gasteiger partial charge is 0.506 e. The maximum atomic E-state index is 12.3. The van der Waals surface area contributed by atoms with Crippen LogP contribution in [0.2, 0.25) is 0 Å². The van der Waals surface area contributed by atoms with Gasteiger partial charge in [-0.25, -0.2) is 0 Å². The number of anilines is 1. The minimum absolute atomic E-state index is 0.0221. The van der Waals surface area contributed by atoms with E-state index < -0.39 is 5.91 Å². The Hall–Kier alpha value is -1.80. The first-order valence-corrected chi connectivity index (χ1v) is 9.44. The molecular formula is C18H14I2N2O3. The lowest BCUT2D eigenvalue weighted by Gasteiger charge is -2.07. The molecule has 0 aliphatic carbocycles. The summed E-state index contributed by atoms with van der Waals surface area (Å²) in [6.07, 6.45) is 1.49. The third kappa shape index (κ3) is 5.34. The minimum atomic E-state index is -0.496. The second kappa shape index (κ2) is 9.05. The van der Waals surface area contributed by atoms with E-state index >= 15 is 0 Å². The van der Waals surface area contributed by atoms with Crippen molar-refractivity contribution in [3.8, 4) is 17.6 Å². The molecule has 0 aliphatic heterocycles. The van der Waals surface area contributed by atoms with E-state index in [1.165, 1.54) is 6.08 Å². The van der Waals surface area contributed by atoms with Gasteiger partial charge in [0.2, 0.25) is 0 Å². The van der Waals surface area contributed by atoms with Crippen molar-refractivity contribution < 1.29 is 14.6 Å². The molecule has 0 aromatic heterocycles. The van der Waals surface area contributed by atoms with E-state index in [1.54, 1.807) is 36.4 Å². The predicted octanol–water partition coefficient (Wildman–Crippen LogP) is 4.55. The average Bonchev–Trinajstić information content (AvgIpc) is 2.59. The lowest BCUT2D eigenvalue weighted by molar-refractivity contribution is -0.112. The van der Waals surface area contributed by atoms with Crippen LogP contribution in [0.5, 0.6) is 11.5 Å². The maximum absolute atomic E-state index is 12.3. The molecular weight excluding hydrogens is 546 g/mol. The smallest absolute Gasteiger partial charge is 0.266 e. The summed E-state index contributed by atoms with van der Waals surface area (Å²) in [5.41, 5.74) is 1.22. The molecule has 128 valence electrons. The fraction of sp³-hybridized carbons (Fsp3) is 0.111. The van der Waals surface area contributed by atoms with Crippen LogP contribution in [0.25, 0.3) is 6.08 Å². The van der Waals surface area contributed by atoms with Crippen molar-refractivity contribution in [2.24, 2.45) is 0 Å². The summed E-state index contributed by atoms with van der Waals surface area (Å²) in [5, 5.41) is 21.8. The van der Waals surface area contributed by atoms with Crippen LogP contribution in [0.1, 0.15) is 12.5 Å². The van der Waals surface area contributed by atoms with Crippen LogP contribution in [-0.2, 0) is 4.79 Å². The number of halogens is 2. The minimum Gasteiger partial charge on any atom is -0.506 e. The molecule has 0 fully saturated rings. The quantitative estimate of drug-likeness (QED) is 0.320. The van der Waals surface area contributed by atoms with Gasteiger partial charge in [-0.3, -0.25) is 4.79 Å². The van der Waals surface area contributed by atoms with Crippen LogP contribution in [0.15, 0.2) is 42.0 Å². The first kappa shape index (κ1) is 19.5. The summed E-state index contributed by atoms with van der Waals surface area (Å²) < 4.78 is 6.65. The number of carbonyl (C=O) groups excluding carboxylic acids is 1. The highest BCUT2D eigenvalue weighted by atomic mass is 127. The molecule has 0 radical (unpaired) electrons. The van der Waals surface area contributed by atoms with Crippen molar-refractivity contribution in [1.29, 1.82) is 5.26 Å². The summed E-state index contributed by atoms with van der Waals surface area (Å²) in [4.78, 5) is 12.3. The van der Waals surface area contributed by atoms with Gasteiger partial charge in [-0.05, 0) is 100 Å². The van der Waals surface area contributed by atoms with Gasteiger partial charge in [0.05, 0.1) is 13.7 Å². The normalized spacial score (nSPS) is 10.9. The summed E-state index contributed by atoms with van der Waals surface area (Å²) in [6.45, 7) is 2.46. The topological polar surface area (TPSA) is 82.3 Å². The lowest BCUT2D eigenvalue weighted by atomic mass is 10.1. The standard InChI is InChI=1S/C18H14I2N2O3/c1-2-25-14-5-3-13(4-6-14)22-18(24)12(10-21)7-11-8-15(19)17(23)16(20)9-11/h3-9,23H,2H2,1H3,(H,22,24)/b12-7-. The van der Waals surface area contributed by atoms with E-state index in [4.69, 9.17) is 4.74 Å². The number of ether oxygens (including phenoxy) is 1. The van der Waals surface area contributed by atoms with E-state index in [0.717, 1.165) is 0 Å². The number of amides is 1. The Kier molecular flexibility index (Phi) is 7.07. The molecule has 1 amide bonds. The number of hydrogen-bond acceptors (Lipinski definition) is 4. The van der Waals surface area contributed by atoms with Gasteiger partial charge in [-0.1, -0.05) is 0 Å². The molecule has 2 aromatic rings. The Morgan fingerprint density at radius 1 is 1.28 bits per heavy atom.